The van der Waals surface area contributed by atoms with Gasteiger partial charge >= 0.3 is 0 Å². The molecule has 7 nitrogen and oxygen atoms in total. The van der Waals surface area contributed by atoms with Crippen LogP contribution < -0.4 is 10.6 Å². The Hall–Kier alpha value is -3.17. The van der Waals surface area contributed by atoms with E-state index in [1.165, 1.54) is 30.0 Å². The molecule has 0 saturated heterocycles. The Kier molecular flexibility index (Phi) is 8.02. The third-order valence-electron chi connectivity index (χ3n) is 4.36. The van der Waals surface area contributed by atoms with Crippen molar-refractivity contribution >= 4 is 40.9 Å². The summed E-state index contributed by atoms with van der Waals surface area (Å²) in [6.07, 6.45) is 1.68. The molecule has 166 valence electrons. The second-order valence-corrected chi connectivity index (χ2v) is 8.12. The maximum absolute atomic E-state index is 13.3. The zero-order chi connectivity index (χ0) is 23.1. The minimum absolute atomic E-state index is 0.0506. The maximum Gasteiger partial charge on any atom is 0.251 e. The molecule has 3 rings (SSSR count). The number of nitrogens with zero attached hydrogens (tertiary/aromatic N) is 3. The smallest absolute Gasteiger partial charge is 0.251 e. The molecule has 1 aromatic heterocycles. The van der Waals surface area contributed by atoms with E-state index < -0.39 is 11.9 Å². The average molecular weight is 474 g/mol. The van der Waals surface area contributed by atoms with Crippen LogP contribution in [-0.2, 0) is 11.3 Å². The molecule has 0 aliphatic carbocycles. The van der Waals surface area contributed by atoms with Crippen LogP contribution in [0.25, 0.3) is 0 Å². The number of hydrogen-bond acceptors (Lipinski definition) is 5. The van der Waals surface area contributed by atoms with Crippen LogP contribution in [0.4, 0.5) is 10.1 Å². The van der Waals surface area contributed by atoms with Gasteiger partial charge in [0.2, 0.25) is 5.91 Å². The predicted octanol–water partition coefficient (Wildman–Crippen LogP) is 4.48. The predicted molar refractivity (Wildman–Crippen MR) is 123 cm³/mol. The van der Waals surface area contributed by atoms with E-state index >= 15 is 0 Å². The fraction of sp³-hybridized carbons (Fsp3) is 0.182. The maximum atomic E-state index is 13.3. The van der Waals surface area contributed by atoms with Crippen molar-refractivity contribution in [3.05, 3.63) is 83.4 Å². The molecule has 2 aromatic carbocycles. The molecule has 0 aliphatic heterocycles. The molecule has 0 spiro atoms. The van der Waals surface area contributed by atoms with Gasteiger partial charge in [-0.25, -0.2) is 4.39 Å². The summed E-state index contributed by atoms with van der Waals surface area (Å²) in [4.78, 5) is 24.7. The van der Waals surface area contributed by atoms with E-state index in [0.29, 0.717) is 28.8 Å². The summed E-state index contributed by atoms with van der Waals surface area (Å²) in [6.45, 7) is 5.97. The molecule has 0 fully saturated rings. The van der Waals surface area contributed by atoms with Crippen LogP contribution in [0.2, 0.25) is 5.02 Å². The lowest BCUT2D eigenvalue weighted by atomic mass is 10.2. The lowest BCUT2D eigenvalue weighted by Crippen LogP contribution is -2.28. The second kappa shape index (κ2) is 10.9. The van der Waals surface area contributed by atoms with Crippen LogP contribution in [0.15, 0.2) is 66.3 Å². The Balaban J connectivity index is 1.65. The molecule has 0 bridgehead atoms. The molecular weight excluding hydrogens is 453 g/mol. The number of halogens is 2. The molecule has 3 aromatic rings. The molecular formula is C22H21ClFN5O2S. The van der Waals surface area contributed by atoms with E-state index in [4.69, 9.17) is 11.6 Å². The third kappa shape index (κ3) is 5.95. The highest BCUT2D eigenvalue weighted by Gasteiger charge is 2.20. The first-order chi connectivity index (χ1) is 15.4. The normalized spacial score (nSPS) is 11.6. The van der Waals surface area contributed by atoms with Gasteiger partial charge in [-0.05, 0) is 37.3 Å². The molecule has 2 N–H and O–H groups in total. The number of allylic oxidation sites excluding steroid dienone is 1. The van der Waals surface area contributed by atoms with Gasteiger partial charge in [-0.3, -0.25) is 9.59 Å². The van der Waals surface area contributed by atoms with Gasteiger partial charge < -0.3 is 15.2 Å². The molecule has 10 heteroatoms. The van der Waals surface area contributed by atoms with Gasteiger partial charge in [-0.1, -0.05) is 47.6 Å². The lowest BCUT2D eigenvalue weighted by Gasteiger charge is -2.15. The van der Waals surface area contributed by atoms with Crippen LogP contribution in [0.5, 0.6) is 0 Å². The zero-order valence-corrected chi connectivity index (χ0v) is 18.8. The van der Waals surface area contributed by atoms with Crippen molar-refractivity contribution in [2.45, 2.75) is 24.7 Å². The Morgan fingerprint density at radius 1 is 1.25 bits per heavy atom. The van der Waals surface area contributed by atoms with Gasteiger partial charge in [0.25, 0.3) is 5.91 Å². The zero-order valence-electron chi connectivity index (χ0n) is 17.2. The Labute approximate surface area is 194 Å². The molecule has 32 heavy (non-hydrogen) atoms. The van der Waals surface area contributed by atoms with Crippen molar-refractivity contribution < 1.29 is 14.0 Å². The molecule has 0 saturated carbocycles. The number of aromatic nitrogens is 3. The number of carbonyl (C=O) groups is 2. The monoisotopic (exact) mass is 473 g/mol. The number of amides is 2. The molecule has 1 heterocycles. The molecule has 1 atom stereocenters. The first-order valence-corrected chi connectivity index (χ1v) is 11.0. The highest BCUT2D eigenvalue weighted by Crippen LogP contribution is 2.23. The Morgan fingerprint density at radius 3 is 2.69 bits per heavy atom. The van der Waals surface area contributed by atoms with Gasteiger partial charge in [-0.2, -0.15) is 0 Å². The van der Waals surface area contributed by atoms with Gasteiger partial charge in [0.15, 0.2) is 11.0 Å². The first-order valence-electron chi connectivity index (χ1n) is 9.66. The highest BCUT2D eigenvalue weighted by molar-refractivity contribution is 7.99. The number of benzene rings is 2. The van der Waals surface area contributed by atoms with Crippen LogP contribution >= 0.6 is 23.4 Å². The van der Waals surface area contributed by atoms with Crippen molar-refractivity contribution in [2.24, 2.45) is 0 Å². The fourth-order valence-corrected chi connectivity index (χ4v) is 3.80. The summed E-state index contributed by atoms with van der Waals surface area (Å²) >= 11 is 6.93. The Bertz CT molecular complexity index is 1120. The van der Waals surface area contributed by atoms with E-state index in [1.807, 2.05) is 13.0 Å². The fourth-order valence-electron chi connectivity index (χ4n) is 2.86. The third-order valence-corrected chi connectivity index (χ3v) is 5.62. The van der Waals surface area contributed by atoms with Crippen molar-refractivity contribution in [2.75, 3.05) is 11.1 Å². The summed E-state index contributed by atoms with van der Waals surface area (Å²) in [5.74, 6) is -0.495. The van der Waals surface area contributed by atoms with Crippen LogP contribution in [-0.4, -0.2) is 32.3 Å². The van der Waals surface area contributed by atoms with Crippen molar-refractivity contribution in [1.29, 1.82) is 0 Å². The molecule has 2 amide bonds. The summed E-state index contributed by atoms with van der Waals surface area (Å²) in [6, 6.07) is 12.4. The molecule has 0 unspecified atom stereocenters. The summed E-state index contributed by atoms with van der Waals surface area (Å²) in [7, 11) is 0. The van der Waals surface area contributed by atoms with Crippen molar-refractivity contribution in [3.63, 3.8) is 0 Å². The van der Waals surface area contributed by atoms with Crippen molar-refractivity contribution in [1.82, 2.24) is 20.1 Å². The van der Waals surface area contributed by atoms with E-state index in [2.05, 4.69) is 27.4 Å². The van der Waals surface area contributed by atoms with Crippen LogP contribution in [0.3, 0.4) is 0 Å². The number of rotatable bonds is 9. The summed E-state index contributed by atoms with van der Waals surface area (Å²) in [5.41, 5.74) is 0.939. The topological polar surface area (TPSA) is 88.9 Å². The number of carbonyl (C=O) groups excluding carboxylic acids is 2. The first kappa shape index (κ1) is 23.5. The summed E-state index contributed by atoms with van der Waals surface area (Å²) < 4.78 is 15.1. The van der Waals surface area contributed by atoms with E-state index in [-0.39, 0.29) is 22.6 Å². The minimum Gasteiger partial charge on any atom is -0.342 e. The van der Waals surface area contributed by atoms with E-state index in [1.54, 1.807) is 34.9 Å². The van der Waals surface area contributed by atoms with Crippen molar-refractivity contribution in [3.8, 4) is 0 Å². The van der Waals surface area contributed by atoms with E-state index in [0.717, 1.165) is 0 Å². The van der Waals surface area contributed by atoms with E-state index in [9.17, 15) is 14.0 Å². The number of nitrogens with one attached hydrogen (secondary N) is 2. The molecule has 0 radical (unpaired) electrons. The quantitative estimate of drug-likeness (QED) is 0.353. The van der Waals surface area contributed by atoms with Gasteiger partial charge in [0.1, 0.15) is 5.82 Å². The second-order valence-electron chi connectivity index (χ2n) is 6.77. The Morgan fingerprint density at radius 2 is 2.00 bits per heavy atom. The van der Waals surface area contributed by atoms with Gasteiger partial charge in [0, 0.05) is 17.8 Å². The standard InChI is InChI=1S/C22H21ClFN5O2S/c1-3-11-29-20(14(2)25-21(31)15-7-5-4-6-8-15)27-28-22(29)32-13-19(30)26-16-9-10-18(24)17(23)12-16/h3-10,12,14H,1,11,13H2,2H3,(H,25,31)(H,26,30)/t14-/m1/s1. The van der Waals surface area contributed by atoms with Crippen LogP contribution in [0.1, 0.15) is 29.1 Å². The number of thioether (sulfide) groups is 1. The van der Waals surface area contributed by atoms with Crippen LogP contribution in [0, 0.1) is 5.82 Å². The van der Waals surface area contributed by atoms with Gasteiger partial charge in [-0.15, -0.1) is 16.8 Å². The SMILES string of the molecule is C=CCn1c(SCC(=O)Nc2ccc(F)c(Cl)c2)nnc1[C@@H](C)NC(=O)c1ccccc1. The number of hydrogen-bond donors (Lipinski definition) is 2. The molecule has 0 aliphatic rings. The largest absolute Gasteiger partial charge is 0.342 e. The lowest BCUT2D eigenvalue weighted by molar-refractivity contribution is -0.113. The highest BCUT2D eigenvalue weighted by atomic mass is 35.5. The number of anilines is 1. The van der Waals surface area contributed by atoms with Gasteiger partial charge in [0.05, 0.1) is 16.8 Å². The minimum atomic E-state index is -0.558. The average Bonchev–Trinajstić information content (AvgIpc) is 3.18. The summed E-state index contributed by atoms with van der Waals surface area (Å²) in [5, 5.41) is 14.4.